The Labute approximate surface area is 86.4 Å². The van der Waals surface area contributed by atoms with Crippen LogP contribution < -0.4 is 5.32 Å². The second-order valence-corrected chi connectivity index (χ2v) is 3.71. The number of nitrogens with one attached hydrogen (secondary N) is 2. The van der Waals surface area contributed by atoms with Crippen molar-refractivity contribution in [3.8, 4) is 0 Å². The van der Waals surface area contributed by atoms with E-state index in [9.17, 15) is 0 Å². The molecular weight excluding hydrogens is 196 g/mol. The van der Waals surface area contributed by atoms with E-state index in [4.69, 9.17) is 0 Å². The molecule has 0 bridgehead atoms. The van der Waals surface area contributed by atoms with E-state index in [0.717, 1.165) is 30.9 Å². The molecule has 2 rings (SSSR count). The SMILES string of the molecule is c1cc(CNCCc2cscn2)[nH]n1. The summed E-state index contributed by atoms with van der Waals surface area (Å²) in [4.78, 5) is 4.21. The predicted octanol–water partition coefficient (Wildman–Crippen LogP) is 1.20. The molecule has 74 valence electrons. The molecular formula is C9H12N4S. The second kappa shape index (κ2) is 4.88. The number of rotatable bonds is 5. The molecule has 0 aromatic carbocycles. The highest BCUT2D eigenvalue weighted by Crippen LogP contribution is 2.00. The summed E-state index contributed by atoms with van der Waals surface area (Å²) in [7, 11) is 0. The molecule has 2 N–H and O–H groups in total. The molecule has 0 aliphatic carbocycles. The number of aromatic nitrogens is 3. The van der Waals surface area contributed by atoms with Crippen LogP contribution in [0.3, 0.4) is 0 Å². The van der Waals surface area contributed by atoms with Gasteiger partial charge in [-0.25, -0.2) is 4.98 Å². The van der Waals surface area contributed by atoms with Crippen molar-refractivity contribution < 1.29 is 0 Å². The van der Waals surface area contributed by atoms with Crippen LogP contribution in [0.2, 0.25) is 0 Å². The molecule has 0 amide bonds. The van der Waals surface area contributed by atoms with E-state index in [-0.39, 0.29) is 0 Å². The topological polar surface area (TPSA) is 53.6 Å². The Balaban J connectivity index is 1.65. The number of H-pyrrole nitrogens is 1. The molecule has 0 atom stereocenters. The third-order valence-corrected chi connectivity index (χ3v) is 2.55. The van der Waals surface area contributed by atoms with Crippen molar-refractivity contribution in [2.75, 3.05) is 6.54 Å². The van der Waals surface area contributed by atoms with Crippen molar-refractivity contribution in [3.05, 3.63) is 34.5 Å². The van der Waals surface area contributed by atoms with Crippen molar-refractivity contribution in [1.82, 2.24) is 20.5 Å². The summed E-state index contributed by atoms with van der Waals surface area (Å²) in [6, 6.07) is 1.97. The maximum Gasteiger partial charge on any atom is 0.0794 e. The van der Waals surface area contributed by atoms with E-state index in [2.05, 4.69) is 25.9 Å². The first-order valence-electron chi connectivity index (χ1n) is 4.51. The molecule has 0 spiro atoms. The molecule has 0 radical (unpaired) electrons. The van der Waals surface area contributed by atoms with Gasteiger partial charge in [-0.05, 0) is 6.07 Å². The minimum atomic E-state index is 0.837. The van der Waals surface area contributed by atoms with Crippen molar-refractivity contribution >= 4 is 11.3 Å². The Bertz CT molecular complexity index is 305. The van der Waals surface area contributed by atoms with Crippen LogP contribution in [-0.2, 0) is 13.0 Å². The van der Waals surface area contributed by atoms with E-state index in [1.165, 1.54) is 0 Å². The van der Waals surface area contributed by atoms with E-state index in [0.29, 0.717) is 0 Å². The number of nitrogens with zero attached hydrogens (tertiary/aromatic N) is 2. The summed E-state index contributed by atoms with van der Waals surface area (Å²) < 4.78 is 0. The molecule has 0 saturated carbocycles. The summed E-state index contributed by atoms with van der Waals surface area (Å²) >= 11 is 1.64. The molecule has 5 heteroatoms. The molecule has 0 aliphatic rings. The van der Waals surface area contributed by atoms with E-state index < -0.39 is 0 Å². The Morgan fingerprint density at radius 1 is 1.50 bits per heavy atom. The van der Waals surface area contributed by atoms with Crippen molar-refractivity contribution in [1.29, 1.82) is 0 Å². The van der Waals surface area contributed by atoms with E-state index in [1.807, 2.05) is 11.6 Å². The van der Waals surface area contributed by atoms with Gasteiger partial charge in [-0.3, -0.25) is 5.10 Å². The summed E-state index contributed by atoms with van der Waals surface area (Å²) in [5.41, 5.74) is 4.14. The fourth-order valence-corrected chi connectivity index (χ4v) is 1.78. The van der Waals surface area contributed by atoms with Crippen LogP contribution in [0.4, 0.5) is 0 Å². The van der Waals surface area contributed by atoms with Crippen molar-refractivity contribution in [2.45, 2.75) is 13.0 Å². The lowest BCUT2D eigenvalue weighted by atomic mass is 10.3. The molecule has 0 saturated heterocycles. The van der Waals surface area contributed by atoms with Gasteiger partial charge in [-0.2, -0.15) is 5.10 Å². The van der Waals surface area contributed by atoms with Gasteiger partial charge >= 0.3 is 0 Å². The first-order chi connectivity index (χ1) is 6.95. The zero-order valence-electron chi connectivity index (χ0n) is 7.73. The number of aromatic amines is 1. The van der Waals surface area contributed by atoms with Crippen molar-refractivity contribution in [2.24, 2.45) is 0 Å². The quantitative estimate of drug-likeness (QED) is 0.726. The van der Waals surface area contributed by atoms with Gasteiger partial charge in [0.2, 0.25) is 0 Å². The zero-order valence-corrected chi connectivity index (χ0v) is 8.55. The number of hydrogen-bond acceptors (Lipinski definition) is 4. The van der Waals surface area contributed by atoms with Gasteiger partial charge in [0.05, 0.1) is 11.2 Å². The normalized spacial score (nSPS) is 10.6. The molecule has 0 unspecified atom stereocenters. The predicted molar refractivity (Wildman–Crippen MR) is 56.1 cm³/mol. The van der Waals surface area contributed by atoms with Gasteiger partial charge in [0, 0.05) is 36.8 Å². The van der Waals surface area contributed by atoms with Crippen molar-refractivity contribution in [3.63, 3.8) is 0 Å². The lowest BCUT2D eigenvalue weighted by Crippen LogP contribution is -2.16. The van der Waals surface area contributed by atoms with Gasteiger partial charge in [0.15, 0.2) is 0 Å². The second-order valence-electron chi connectivity index (χ2n) is 2.99. The smallest absolute Gasteiger partial charge is 0.0794 e. The summed E-state index contributed by atoms with van der Waals surface area (Å²) in [6.45, 7) is 1.78. The molecule has 0 aliphatic heterocycles. The van der Waals surface area contributed by atoms with Crippen LogP contribution in [0.1, 0.15) is 11.4 Å². The van der Waals surface area contributed by atoms with Crippen LogP contribution in [0, 0.1) is 0 Å². The molecule has 14 heavy (non-hydrogen) atoms. The minimum absolute atomic E-state index is 0.837. The first-order valence-corrected chi connectivity index (χ1v) is 5.45. The first kappa shape index (κ1) is 9.36. The third kappa shape index (κ3) is 2.65. The Morgan fingerprint density at radius 2 is 2.50 bits per heavy atom. The van der Waals surface area contributed by atoms with Crippen LogP contribution in [-0.4, -0.2) is 21.7 Å². The molecule has 2 aromatic heterocycles. The molecule has 2 aromatic rings. The van der Waals surface area contributed by atoms with Crippen LogP contribution >= 0.6 is 11.3 Å². The standard InChI is InChI=1S/C9H12N4S/c1(9-6-14-7-11-9)3-10-5-8-2-4-12-13-8/h2,4,6-7,10H,1,3,5H2,(H,12,13). The Hall–Kier alpha value is -1.20. The average molecular weight is 208 g/mol. The largest absolute Gasteiger partial charge is 0.311 e. The van der Waals surface area contributed by atoms with Gasteiger partial charge < -0.3 is 5.32 Å². The van der Waals surface area contributed by atoms with Crippen LogP contribution in [0.25, 0.3) is 0 Å². The van der Waals surface area contributed by atoms with Crippen LogP contribution in [0.15, 0.2) is 23.2 Å². The third-order valence-electron chi connectivity index (χ3n) is 1.92. The fraction of sp³-hybridized carbons (Fsp3) is 0.333. The monoisotopic (exact) mass is 208 g/mol. The summed E-state index contributed by atoms with van der Waals surface area (Å²) in [5, 5.41) is 12.2. The lowest BCUT2D eigenvalue weighted by molar-refractivity contribution is 0.668. The fourth-order valence-electron chi connectivity index (χ4n) is 1.18. The molecule has 2 heterocycles. The van der Waals surface area contributed by atoms with Gasteiger partial charge in [-0.15, -0.1) is 11.3 Å². The number of hydrogen-bond donors (Lipinski definition) is 2. The van der Waals surface area contributed by atoms with Gasteiger partial charge in [0.25, 0.3) is 0 Å². The summed E-state index contributed by atoms with van der Waals surface area (Å²) in [6.07, 6.45) is 2.75. The molecule has 0 fully saturated rings. The maximum atomic E-state index is 4.21. The highest BCUT2D eigenvalue weighted by Gasteiger charge is 1.95. The van der Waals surface area contributed by atoms with E-state index in [1.54, 1.807) is 17.5 Å². The highest BCUT2D eigenvalue weighted by molar-refractivity contribution is 7.07. The highest BCUT2D eigenvalue weighted by atomic mass is 32.1. The Kier molecular flexibility index (Phi) is 3.26. The van der Waals surface area contributed by atoms with Gasteiger partial charge in [0.1, 0.15) is 0 Å². The minimum Gasteiger partial charge on any atom is -0.311 e. The number of thiazole rings is 1. The average Bonchev–Trinajstić information content (AvgIpc) is 2.86. The molecule has 4 nitrogen and oxygen atoms in total. The Morgan fingerprint density at radius 3 is 3.21 bits per heavy atom. The zero-order chi connectivity index (χ0) is 9.64. The van der Waals surface area contributed by atoms with E-state index >= 15 is 0 Å². The van der Waals surface area contributed by atoms with Crippen LogP contribution in [0.5, 0.6) is 0 Å². The summed E-state index contributed by atoms with van der Waals surface area (Å²) in [5.74, 6) is 0. The van der Waals surface area contributed by atoms with Gasteiger partial charge in [-0.1, -0.05) is 0 Å². The lowest BCUT2D eigenvalue weighted by Gasteiger charge is -2.00. The maximum absolute atomic E-state index is 4.21.